The first kappa shape index (κ1) is 13.9. The van der Waals surface area contributed by atoms with Gasteiger partial charge in [-0.2, -0.15) is 0 Å². The molecule has 1 atom stereocenters. The summed E-state index contributed by atoms with van der Waals surface area (Å²) >= 11 is 0. The summed E-state index contributed by atoms with van der Waals surface area (Å²) in [5, 5.41) is 12.5. The molecule has 0 bridgehead atoms. The van der Waals surface area contributed by atoms with E-state index in [0.717, 1.165) is 12.0 Å². The summed E-state index contributed by atoms with van der Waals surface area (Å²) < 4.78 is 0. The maximum absolute atomic E-state index is 12.3. The minimum absolute atomic E-state index is 0.0783. The van der Waals surface area contributed by atoms with Gasteiger partial charge in [-0.05, 0) is 24.1 Å². The van der Waals surface area contributed by atoms with Crippen LogP contribution in [0, 0.1) is 0 Å². The molecule has 0 spiro atoms. The number of anilines is 1. The van der Waals surface area contributed by atoms with Gasteiger partial charge in [0, 0.05) is 0 Å². The van der Waals surface area contributed by atoms with Crippen LogP contribution in [0.15, 0.2) is 48.5 Å². The fourth-order valence-corrected chi connectivity index (χ4v) is 2.09. The molecule has 104 valence electrons. The van der Waals surface area contributed by atoms with E-state index >= 15 is 0 Å². The first-order valence-corrected chi connectivity index (χ1v) is 6.56. The van der Waals surface area contributed by atoms with Crippen LogP contribution in [0.2, 0.25) is 0 Å². The Labute approximate surface area is 118 Å². The number of phenols is 1. The third-order valence-corrected chi connectivity index (χ3v) is 3.24. The highest BCUT2D eigenvalue weighted by atomic mass is 16.3. The van der Waals surface area contributed by atoms with E-state index in [4.69, 9.17) is 5.73 Å². The zero-order valence-corrected chi connectivity index (χ0v) is 11.3. The van der Waals surface area contributed by atoms with E-state index in [0.29, 0.717) is 5.56 Å². The van der Waals surface area contributed by atoms with Crippen molar-refractivity contribution < 1.29 is 9.90 Å². The second-order valence-corrected chi connectivity index (χ2v) is 4.58. The molecule has 4 heteroatoms. The smallest absolute Gasteiger partial charge is 0.253 e. The van der Waals surface area contributed by atoms with Crippen molar-refractivity contribution in [2.45, 2.75) is 19.4 Å². The van der Waals surface area contributed by atoms with Gasteiger partial charge in [0.25, 0.3) is 5.91 Å². The van der Waals surface area contributed by atoms with Gasteiger partial charge in [-0.25, -0.2) is 0 Å². The van der Waals surface area contributed by atoms with Crippen LogP contribution < -0.4 is 11.1 Å². The Morgan fingerprint density at radius 2 is 1.90 bits per heavy atom. The molecule has 2 aromatic rings. The quantitative estimate of drug-likeness (QED) is 0.590. The van der Waals surface area contributed by atoms with Crippen molar-refractivity contribution in [3.05, 3.63) is 59.7 Å². The molecule has 0 heterocycles. The highest BCUT2D eigenvalue weighted by Crippen LogP contribution is 2.24. The molecule has 1 unspecified atom stereocenters. The predicted octanol–water partition coefficient (Wildman–Crippen LogP) is 2.86. The first-order valence-electron chi connectivity index (χ1n) is 6.56. The number of benzene rings is 2. The molecule has 4 N–H and O–H groups in total. The molecule has 0 saturated carbocycles. The summed E-state index contributed by atoms with van der Waals surface area (Å²) in [6.07, 6.45) is 0.772. The highest BCUT2D eigenvalue weighted by molar-refractivity contribution is 6.00. The number of hydrogen-bond donors (Lipinski definition) is 3. The van der Waals surface area contributed by atoms with Gasteiger partial charge in [-0.1, -0.05) is 43.3 Å². The first-order chi connectivity index (χ1) is 9.63. The van der Waals surface area contributed by atoms with E-state index in [1.54, 1.807) is 12.1 Å². The van der Waals surface area contributed by atoms with Crippen LogP contribution in [0.3, 0.4) is 0 Å². The third kappa shape index (κ3) is 2.91. The van der Waals surface area contributed by atoms with E-state index < -0.39 is 0 Å². The van der Waals surface area contributed by atoms with Gasteiger partial charge in [0.2, 0.25) is 0 Å². The SMILES string of the molecule is CCC(NC(=O)c1cccc(O)c1N)c1ccccc1. The number of nitrogens with two attached hydrogens (primary N) is 1. The van der Waals surface area contributed by atoms with Crippen molar-refractivity contribution in [3.8, 4) is 5.75 Å². The lowest BCUT2D eigenvalue weighted by Crippen LogP contribution is -2.28. The van der Waals surface area contributed by atoms with E-state index in [-0.39, 0.29) is 23.4 Å². The van der Waals surface area contributed by atoms with Gasteiger partial charge in [0.05, 0.1) is 17.3 Å². The van der Waals surface area contributed by atoms with Crippen molar-refractivity contribution in [3.63, 3.8) is 0 Å². The highest BCUT2D eigenvalue weighted by Gasteiger charge is 2.16. The number of hydrogen-bond acceptors (Lipinski definition) is 3. The monoisotopic (exact) mass is 270 g/mol. The van der Waals surface area contributed by atoms with Gasteiger partial charge in [0.15, 0.2) is 0 Å². The predicted molar refractivity (Wildman–Crippen MR) is 79.5 cm³/mol. The number of nitrogens with one attached hydrogen (secondary N) is 1. The van der Waals surface area contributed by atoms with Crippen LogP contribution in [0.4, 0.5) is 5.69 Å². The summed E-state index contributed by atoms with van der Waals surface area (Å²) in [6.45, 7) is 2.00. The topological polar surface area (TPSA) is 75.3 Å². The van der Waals surface area contributed by atoms with Crippen LogP contribution in [-0.2, 0) is 0 Å². The zero-order valence-electron chi connectivity index (χ0n) is 11.3. The Morgan fingerprint density at radius 3 is 2.55 bits per heavy atom. The lowest BCUT2D eigenvalue weighted by atomic mass is 10.0. The molecule has 4 nitrogen and oxygen atoms in total. The summed E-state index contributed by atoms with van der Waals surface area (Å²) in [4.78, 5) is 12.3. The molecule has 0 fully saturated rings. The van der Waals surface area contributed by atoms with Crippen molar-refractivity contribution in [2.75, 3.05) is 5.73 Å². The Balaban J connectivity index is 2.20. The van der Waals surface area contributed by atoms with Crippen molar-refractivity contribution in [1.29, 1.82) is 0 Å². The normalized spacial score (nSPS) is 11.8. The van der Waals surface area contributed by atoms with Gasteiger partial charge in [-0.3, -0.25) is 4.79 Å². The molecular weight excluding hydrogens is 252 g/mol. The second kappa shape index (κ2) is 6.10. The van der Waals surface area contributed by atoms with Gasteiger partial charge in [0.1, 0.15) is 5.75 Å². The molecule has 0 saturated heterocycles. The minimum atomic E-state index is -0.283. The molecular formula is C16H18N2O2. The maximum atomic E-state index is 12.3. The van der Waals surface area contributed by atoms with Crippen molar-refractivity contribution >= 4 is 11.6 Å². The Hall–Kier alpha value is -2.49. The minimum Gasteiger partial charge on any atom is -0.506 e. The van der Waals surface area contributed by atoms with Crippen molar-refractivity contribution in [2.24, 2.45) is 0 Å². The Morgan fingerprint density at radius 1 is 1.20 bits per heavy atom. The van der Waals surface area contributed by atoms with Crippen LogP contribution in [0.25, 0.3) is 0 Å². The van der Waals surface area contributed by atoms with Gasteiger partial charge < -0.3 is 16.2 Å². The second-order valence-electron chi connectivity index (χ2n) is 4.58. The molecule has 0 radical (unpaired) electrons. The summed E-state index contributed by atoms with van der Waals surface area (Å²) in [6, 6.07) is 14.3. The lowest BCUT2D eigenvalue weighted by molar-refractivity contribution is 0.0936. The van der Waals surface area contributed by atoms with Crippen LogP contribution in [-0.4, -0.2) is 11.0 Å². The van der Waals surface area contributed by atoms with Crippen LogP contribution in [0.1, 0.15) is 35.3 Å². The van der Waals surface area contributed by atoms with Gasteiger partial charge >= 0.3 is 0 Å². The fourth-order valence-electron chi connectivity index (χ4n) is 2.09. The number of carbonyl (C=O) groups excluding carboxylic acids is 1. The van der Waals surface area contributed by atoms with E-state index in [9.17, 15) is 9.90 Å². The fraction of sp³-hybridized carbons (Fsp3) is 0.188. The van der Waals surface area contributed by atoms with E-state index in [1.807, 2.05) is 37.3 Å². The summed E-state index contributed by atoms with van der Waals surface area (Å²) in [5.41, 5.74) is 7.17. The number of para-hydroxylation sites is 1. The largest absolute Gasteiger partial charge is 0.506 e. The Kier molecular flexibility index (Phi) is 4.25. The molecule has 20 heavy (non-hydrogen) atoms. The molecule has 0 aliphatic rings. The molecule has 0 aromatic heterocycles. The van der Waals surface area contributed by atoms with Crippen LogP contribution in [0.5, 0.6) is 5.75 Å². The molecule has 2 rings (SSSR count). The Bertz CT molecular complexity index is 597. The molecule has 0 aliphatic heterocycles. The molecule has 2 aromatic carbocycles. The number of aromatic hydroxyl groups is 1. The number of carbonyl (C=O) groups is 1. The number of phenolic OH excluding ortho intramolecular Hbond substituents is 1. The zero-order chi connectivity index (χ0) is 14.5. The summed E-state index contributed by atoms with van der Waals surface area (Å²) in [7, 11) is 0. The molecule has 0 aliphatic carbocycles. The standard InChI is InChI=1S/C16H18N2O2/c1-2-13(11-7-4-3-5-8-11)18-16(20)12-9-6-10-14(19)15(12)17/h3-10,13,19H,2,17H2,1H3,(H,18,20). The van der Waals surface area contributed by atoms with Gasteiger partial charge in [-0.15, -0.1) is 0 Å². The number of amides is 1. The number of nitrogen functional groups attached to an aromatic ring is 1. The maximum Gasteiger partial charge on any atom is 0.253 e. The lowest BCUT2D eigenvalue weighted by Gasteiger charge is -2.18. The van der Waals surface area contributed by atoms with E-state index in [2.05, 4.69) is 5.32 Å². The van der Waals surface area contributed by atoms with E-state index in [1.165, 1.54) is 6.07 Å². The average molecular weight is 270 g/mol. The molecule has 1 amide bonds. The summed E-state index contributed by atoms with van der Waals surface area (Å²) in [5.74, 6) is -0.362. The van der Waals surface area contributed by atoms with Crippen LogP contribution >= 0.6 is 0 Å². The average Bonchev–Trinajstić information content (AvgIpc) is 2.48. The number of rotatable bonds is 4. The third-order valence-electron chi connectivity index (χ3n) is 3.24. The van der Waals surface area contributed by atoms with Crippen molar-refractivity contribution in [1.82, 2.24) is 5.32 Å².